The molecule has 0 heterocycles. The van der Waals surface area contributed by atoms with Gasteiger partial charge in [0.15, 0.2) is 0 Å². The summed E-state index contributed by atoms with van der Waals surface area (Å²) in [5.41, 5.74) is 1.71. The Hall–Kier alpha value is -0.860. The molecule has 0 radical (unpaired) electrons. The van der Waals surface area contributed by atoms with E-state index in [0.717, 1.165) is 26.3 Å². The second-order valence-electron chi connectivity index (χ2n) is 4.76. The lowest BCUT2D eigenvalue weighted by molar-refractivity contribution is 0.0779. The van der Waals surface area contributed by atoms with E-state index >= 15 is 0 Å². The third-order valence-electron chi connectivity index (χ3n) is 3.23. The quantitative estimate of drug-likeness (QED) is 0.761. The molecule has 1 aromatic carbocycles. The third-order valence-corrected chi connectivity index (χ3v) is 3.23. The van der Waals surface area contributed by atoms with E-state index in [0.29, 0.717) is 5.41 Å². The molecule has 1 fully saturated rings. The van der Waals surface area contributed by atoms with E-state index in [9.17, 15) is 0 Å². The van der Waals surface area contributed by atoms with Crippen LogP contribution in [0, 0.1) is 5.41 Å². The SMILES string of the molecule is CCNCC1(COCc2ccccc2)CC1. The average Bonchev–Trinajstić information content (AvgIpc) is 3.09. The normalized spacial score (nSPS) is 17.3. The van der Waals surface area contributed by atoms with Crippen molar-refractivity contribution >= 4 is 0 Å². The summed E-state index contributed by atoms with van der Waals surface area (Å²) in [5.74, 6) is 0. The van der Waals surface area contributed by atoms with Crippen LogP contribution in [-0.2, 0) is 11.3 Å². The molecule has 1 saturated carbocycles. The largest absolute Gasteiger partial charge is 0.376 e. The number of nitrogens with one attached hydrogen (secondary N) is 1. The first-order valence-electron chi connectivity index (χ1n) is 6.17. The first kappa shape index (κ1) is 11.6. The van der Waals surface area contributed by atoms with Gasteiger partial charge >= 0.3 is 0 Å². The summed E-state index contributed by atoms with van der Waals surface area (Å²) in [7, 11) is 0. The molecule has 16 heavy (non-hydrogen) atoms. The van der Waals surface area contributed by atoms with Crippen molar-refractivity contribution in [1.82, 2.24) is 5.32 Å². The fourth-order valence-corrected chi connectivity index (χ4v) is 1.90. The molecule has 2 nitrogen and oxygen atoms in total. The molecule has 0 spiro atoms. The van der Waals surface area contributed by atoms with Crippen LogP contribution in [0.15, 0.2) is 30.3 Å². The van der Waals surface area contributed by atoms with Crippen molar-refractivity contribution in [2.75, 3.05) is 19.7 Å². The zero-order valence-electron chi connectivity index (χ0n) is 10.0. The number of rotatable bonds is 7. The van der Waals surface area contributed by atoms with Crippen molar-refractivity contribution in [2.24, 2.45) is 5.41 Å². The van der Waals surface area contributed by atoms with Gasteiger partial charge in [0.1, 0.15) is 0 Å². The van der Waals surface area contributed by atoms with Crippen LogP contribution < -0.4 is 5.32 Å². The Morgan fingerprint density at radius 1 is 1.25 bits per heavy atom. The van der Waals surface area contributed by atoms with E-state index in [4.69, 9.17) is 4.74 Å². The molecule has 0 aliphatic heterocycles. The fraction of sp³-hybridized carbons (Fsp3) is 0.571. The predicted octanol–water partition coefficient (Wildman–Crippen LogP) is 2.59. The molecule has 0 unspecified atom stereocenters. The number of ether oxygens (including phenoxy) is 1. The highest BCUT2D eigenvalue weighted by Crippen LogP contribution is 2.45. The summed E-state index contributed by atoms with van der Waals surface area (Å²) < 4.78 is 5.80. The second kappa shape index (κ2) is 5.46. The van der Waals surface area contributed by atoms with Gasteiger partial charge in [-0.3, -0.25) is 0 Å². The van der Waals surface area contributed by atoms with E-state index in [1.807, 2.05) is 6.07 Å². The van der Waals surface area contributed by atoms with E-state index in [1.165, 1.54) is 18.4 Å². The molecule has 0 saturated heterocycles. The minimum atomic E-state index is 0.449. The molecule has 2 heteroatoms. The maximum atomic E-state index is 5.80. The van der Waals surface area contributed by atoms with Gasteiger partial charge in [0.05, 0.1) is 13.2 Å². The van der Waals surface area contributed by atoms with Crippen LogP contribution >= 0.6 is 0 Å². The zero-order valence-corrected chi connectivity index (χ0v) is 10.0. The standard InChI is InChI=1S/C14H21NO/c1-2-15-11-14(8-9-14)12-16-10-13-6-4-3-5-7-13/h3-7,15H,2,8-12H2,1H3. The van der Waals surface area contributed by atoms with Crippen LogP contribution in [0.4, 0.5) is 0 Å². The maximum absolute atomic E-state index is 5.80. The van der Waals surface area contributed by atoms with Crippen molar-refractivity contribution in [3.05, 3.63) is 35.9 Å². The maximum Gasteiger partial charge on any atom is 0.0717 e. The summed E-state index contributed by atoms with van der Waals surface area (Å²) in [4.78, 5) is 0. The fourth-order valence-electron chi connectivity index (χ4n) is 1.90. The molecule has 2 rings (SSSR count). The summed E-state index contributed by atoms with van der Waals surface area (Å²) in [6.07, 6.45) is 2.63. The second-order valence-corrected chi connectivity index (χ2v) is 4.76. The highest BCUT2D eigenvalue weighted by molar-refractivity contribution is 5.13. The number of hydrogen-bond donors (Lipinski definition) is 1. The number of hydrogen-bond acceptors (Lipinski definition) is 2. The monoisotopic (exact) mass is 219 g/mol. The molecule has 0 bridgehead atoms. The molecule has 88 valence electrons. The van der Waals surface area contributed by atoms with Crippen molar-refractivity contribution in [3.63, 3.8) is 0 Å². The zero-order chi connectivity index (χ0) is 11.3. The smallest absolute Gasteiger partial charge is 0.0717 e. The first-order chi connectivity index (χ1) is 7.85. The Labute approximate surface area is 98.0 Å². The van der Waals surface area contributed by atoms with E-state index in [1.54, 1.807) is 0 Å². The van der Waals surface area contributed by atoms with Crippen LogP contribution in [0.2, 0.25) is 0 Å². The van der Waals surface area contributed by atoms with Crippen LogP contribution in [0.3, 0.4) is 0 Å². The minimum Gasteiger partial charge on any atom is -0.376 e. The summed E-state index contributed by atoms with van der Waals surface area (Å²) in [6.45, 7) is 5.96. The lowest BCUT2D eigenvalue weighted by Crippen LogP contribution is -2.27. The van der Waals surface area contributed by atoms with E-state index < -0.39 is 0 Å². The summed E-state index contributed by atoms with van der Waals surface area (Å²) in [6, 6.07) is 10.4. The lowest BCUT2D eigenvalue weighted by Gasteiger charge is -2.15. The van der Waals surface area contributed by atoms with Crippen LogP contribution in [0.25, 0.3) is 0 Å². The average molecular weight is 219 g/mol. The molecule has 1 aromatic rings. The topological polar surface area (TPSA) is 21.3 Å². The molecule has 0 atom stereocenters. The van der Waals surface area contributed by atoms with Gasteiger partial charge in [0.25, 0.3) is 0 Å². The molecule has 0 aromatic heterocycles. The van der Waals surface area contributed by atoms with Crippen LogP contribution in [0.5, 0.6) is 0 Å². The highest BCUT2D eigenvalue weighted by Gasteiger charge is 2.42. The molecule has 1 N–H and O–H groups in total. The Morgan fingerprint density at radius 3 is 2.62 bits per heavy atom. The van der Waals surface area contributed by atoms with Gasteiger partial charge in [-0.25, -0.2) is 0 Å². The van der Waals surface area contributed by atoms with Gasteiger partial charge in [-0.1, -0.05) is 37.3 Å². The molecule has 1 aliphatic carbocycles. The molecule has 0 amide bonds. The van der Waals surface area contributed by atoms with Crippen LogP contribution in [0.1, 0.15) is 25.3 Å². The third kappa shape index (κ3) is 3.32. The van der Waals surface area contributed by atoms with Crippen LogP contribution in [-0.4, -0.2) is 19.7 Å². The van der Waals surface area contributed by atoms with Crippen molar-refractivity contribution in [3.8, 4) is 0 Å². The highest BCUT2D eigenvalue weighted by atomic mass is 16.5. The molecule has 1 aliphatic rings. The summed E-state index contributed by atoms with van der Waals surface area (Å²) >= 11 is 0. The van der Waals surface area contributed by atoms with Gasteiger partial charge in [0, 0.05) is 12.0 Å². The van der Waals surface area contributed by atoms with Crippen molar-refractivity contribution < 1.29 is 4.74 Å². The van der Waals surface area contributed by atoms with Gasteiger partial charge in [-0.2, -0.15) is 0 Å². The van der Waals surface area contributed by atoms with E-state index in [2.05, 4.69) is 36.5 Å². The van der Waals surface area contributed by atoms with E-state index in [-0.39, 0.29) is 0 Å². The Balaban J connectivity index is 1.68. The van der Waals surface area contributed by atoms with Gasteiger partial charge < -0.3 is 10.1 Å². The van der Waals surface area contributed by atoms with Crippen molar-refractivity contribution in [2.45, 2.75) is 26.4 Å². The number of benzene rings is 1. The lowest BCUT2D eigenvalue weighted by atomic mass is 10.1. The minimum absolute atomic E-state index is 0.449. The Kier molecular flexibility index (Phi) is 3.97. The Bertz CT molecular complexity index is 306. The first-order valence-corrected chi connectivity index (χ1v) is 6.17. The molecular weight excluding hydrogens is 198 g/mol. The van der Waals surface area contributed by atoms with Crippen molar-refractivity contribution in [1.29, 1.82) is 0 Å². The summed E-state index contributed by atoms with van der Waals surface area (Å²) in [5, 5.41) is 3.42. The van der Waals surface area contributed by atoms with Gasteiger partial charge in [-0.05, 0) is 24.9 Å². The van der Waals surface area contributed by atoms with Gasteiger partial charge in [-0.15, -0.1) is 0 Å². The predicted molar refractivity (Wildman–Crippen MR) is 66.3 cm³/mol. The van der Waals surface area contributed by atoms with Gasteiger partial charge in [0.2, 0.25) is 0 Å². The molecular formula is C14H21NO. The Morgan fingerprint density at radius 2 is 2.00 bits per heavy atom.